The SMILES string of the molecule is Cc1cccc(CCNC(=O)CCc2ccc(N)cc2)c1. The van der Waals surface area contributed by atoms with E-state index < -0.39 is 0 Å². The van der Waals surface area contributed by atoms with Gasteiger partial charge in [-0.1, -0.05) is 42.0 Å². The van der Waals surface area contributed by atoms with Gasteiger partial charge in [0.25, 0.3) is 0 Å². The van der Waals surface area contributed by atoms with Gasteiger partial charge in [-0.3, -0.25) is 4.79 Å². The first-order chi connectivity index (χ1) is 10.1. The number of hydrogen-bond donors (Lipinski definition) is 2. The lowest BCUT2D eigenvalue weighted by Gasteiger charge is -2.06. The lowest BCUT2D eigenvalue weighted by molar-refractivity contribution is -0.121. The Hall–Kier alpha value is -2.29. The van der Waals surface area contributed by atoms with E-state index in [2.05, 4.69) is 30.4 Å². The average molecular weight is 282 g/mol. The summed E-state index contributed by atoms with van der Waals surface area (Å²) >= 11 is 0. The topological polar surface area (TPSA) is 55.1 Å². The van der Waals surface area contributed by atoms with E-state index >= 15 is 0 Å². The minimum absolute atomic E-state index is 0.0967. The van der Waals surface area contributed by atoms with Crippen LogP contribution in [0.4, 0.5) is 5.69 Å². The monoisotopic (exact) mass is 282 g/mol. The highest BCUT2D eigenvalue weighted by molar-refractivity contribution is 5.76. The van der Waals surface area contributed by atoms with Crippen molar-refractivity contribution in [3.63, 3.8) is 0 Å². The molecule has 0 aromatic heterocycles. The summed E-state index contributed by atoms with van der Waals surface area (Å²) < 4.78 is 0. The smallest absolute Gasteiger partial charge is 0.220 e. The van der Waals surface area contributed by atoms with Crippen LogP contribution in [0.1, 0.15) is 23.1 Å². The highest BCUT2D eigenvalue weighted by Gasteiger charge is 2.02. The molecule has 3 N–H and O–H groups in total. The molecule has 0 aliphatic carbocycles. The number of carbonyl (C=O) groups excluding carboxylic acids is 1. The summed E-state index contributed by atoms with van der Waals surface area (Å²) in [6, 6.07) is 16.0. The van der Waals surface area contributed by atoms with Gasteiger partial charge in [0.15, 0.2) is 0 Å². The molecule has 0 saturated carbocycles. The van der Waals surface area contributed by atoms with Crippen LogP contribution >= 0.6 is 0 Å². The Morgan fingerprint density at radius 1 is 1.05 bits per heavy atom. The summed E-state index contributed by atoms with van der Waals surface area (Å²) in [5.41, 5.74) is 10.0. The van der Waals surface area contributed by atoms with Crippen LogP contribution in [-0.2, 0) is 17.6 Å². The molecule has 2 rings (SSSR count). The number of anilines is 1. The maximum atomic E-state index is 11.8. The van der Waals surface area contributed by atoms with Crippen LogP contribution in [-0.4, -0.2) is 12.5 Å². The van der Waals surface area contributed by atoms with E-state index in [4.69, 9.17) is 5.73 Å². The first-order valence-electron chi connectivity index (χ1n) is 7.30. The van der Waals surface area contributed by atoms with Gasteiger partial charge in [-0.05, 0) is 43.0 Å². The molecule has 2 aromatic rings. The van der Waals surface area contributed by atoms with Crippen LogP contribution in [0.25, 0.3) is 0 Å². The fourth-order valence-electron chi connectivity index (χ4n) is 2.24. The molecular weight excluding hydrogens is 260 g/mol. The minimum atomic E-state index is 0.0967. The van der Waals surface area contributed by atoms with E-state index in [1.807, 2.05) is 30.3 Å². The summed E-state index contributed by atoms with van der Waals surface area (Å²) in [4.78, 5) is 11.8. The zero-order valence-electron chi connectivity index (χ0n) is 12.4. The maximum absolute atomic E-state index is 11.8. The van der Waals surface area contributed by atoms with Crippen molar-refractivity contribution in [3.05, 3.63) is 65.2 Å². The van der Waals surface area contributed by atoms with Crippen molar-refractivity contribution in [2.75, 3.05) is 12.3 Å². The van der Waals surface area contributed by atoms with Gasteiger partial charge in [0.1, 0.15) is 0 Å². The molecule has 0 aliphatic rings. The van der Waals surface area contributed by atoms with Crippen molar-refractivity contribution in [3.8, 4) is 0 Å². The van der Waals surface area contributed by atoms with E-state index in [1.165, 1.54) is 11.1 Å². The minimum Gasteiger partial charge on any atom is -0.399 e. The number of aryl methyl sites for hydroxylation is 2. The van der Waals surface area contributed by atoms with Crippen LogP contribution in [0.3, 0.4) is 0 Å². The lowest BCUT2D eigenvalue weighted by atomic mass is 10.1. The lowest BCUT2D eigenvalue weighted by Crippen LogP contribution is -2.25. The number of nitrogens with two attached hydrogens (primary N) is 1. The number of nitrogen functional groups attached to an aromatic ring is 1. The molecule has 2 aromatic carbocycles. The van der Waals surface area contributed by atoms with E-state index in [0.29, 0.717) is 13.0 Å². The Morgan fingerprint density at radius 2 is 1.81 bits per heavy atom. The van der Waals surface area contributed by atoms with Gasteiger partial charge >= 0.3 is 0 Å². The van der Waals surface area contributed by atoms with Gasteiger partial charge in [-0.15, -0.1) is 0 Å². The molecule has 0 unspecified atom stereocenters. The van der Waals surface area contributed by atoms with Crippen molar-refractivity contribution >= 4 is 11.6 Å². The molecule has 0 bridgehead atoms. The normalized spacial score (nSPS) is 10.3. The van der Waals surface area contributed by atoms with Crippen LogP contribution in [0, 0.1) is 6.92 Å². The van der Waals surface area contributed by atoms with Gasteiger partial charge in [-0.2, -0.15) is 0 Å². The molecule has 0 atom stereocenters. The second-order valence-corrected chi connectivity index (χ2v) is 5.33. The Kier molecular flexibility index (Phi) is 5.38. The molecule has 3 heteroatoms. The molecule has 3 nitrogen and oxygen atoms in total. The molecule has 1 amide bonds. The van der Waals surface area contributed by atoms with Gasteiger partial charge in [0.2, 0.25) is 5.91 Å². The van der Waals surface area contributed by atoms with Crippen molar-refractivity contribution in [2.45, 2.75) is 26.2 Å². The van der Waals surface area contributed by atoms with E-state index in [1.54, 1.807) is 0 Å². The first kappa shape index (κ1) is 15.1. The van der Waals surface area contributed by atoms with Crippen molar-refractivity contribution in [1.29, 1.82) is 0 Å². The summed E-state index contributed by atoms with van der Waals surface area (Å²) in [5, 5.41) is 2.97. The molecule has 110 valence electrons. The van der Waals surface area contributed by atoms with Crippen molar-refractivity contribution in [1.82, 2.24) is 5.32 Å². The van der Waals surface area contributed by atoms with Gasteiger partial charge in [0, 0.05) is 18.7 Å². The number of benzene rings is 2. The number of rotatable bonds is 6. The molecular formula is C18H22N2O. The highest BCUT2D eigenvalue weighted by atomic mass is 16.1. The van der Waals surface area contributed by atoms with Crippen molar-refractivity contribution < 1.29 is 4.79 Å². The zero-order chi connectivity index (χ0) is 15.1. The predicted octanol–water partition coefficient (Wildman–Crippen LogP) is 2.87. The first-order valence-corrected chi connectivity index (χ1v) is 7.30. The molecule has 0 radical (unpaired) electrons. The third kappa shape index (κ3) is 5.30. The quantitative estimate of drug-likeness (QED) is 0.800. The standard InChI is InChI=1S/C18H22N2O/c1-14-3-2-4-16(13-14)11-12-20-18(21)10-7-15-5-8-17(19)9-6-15/h2-6,8-9,13H,7,10-12,19H2,1H3,(H,20,21). The third-order valence-corrected chi connectivity index (χ3v) is 3.44. The van der Waals surface area contributed by atoms with E-state index in [0.717, 1.165) is 24.1 Å². The number of carbonyl (C=O) groups is 1. The average Bonchev–Trinajstić information content (AvgIpc) is 2.47. The second kappa shape index (κ2) is 7.48. The van der Waals surface area contributed by atoms with Crippen molar-refractivity contribution in [2.24, 2.45) is 0 Å². The molecule has 0 heterocycles. The number of amides is 1. The third-order valence-electron chi connectivity index (χ3n) is 3.44. The van der Waals surface area contributed by atoms with Crippen LogP contribution in [0.15, 0.2) is 48.5 Å². The molecule has 0 fully saturated rings. The Balaban J connectivity index is 1.69. The summed E-state index contributed by atoms with van der Waals surface area (Å²) in [6.07, 6.45) is 2.13. The maximum Gasteiger partial charge on any atom is 0.220 e. The predicted molar refractivity (Wildman–Crippen MR) is 87.1 cm³/mol. The van der Waals surface area contributed by atoms with Gasteiger partial charge < -0.3 is 11.1 Å². The highest BCUT2D eigenvalue weighted by Crippen LogP contribution is 2.08. The summed E-state index contributed by atoms with van der Waals surface area (Å²) in [7, 11) is 0. The van der Waals surface area contributed by atoms with E-state index in [9.17, 15) is 4.79 Å². The second-order valence-electron chi connectivity index (χ2n) is 5.33. The van der Waals surface area contributed by atoms with Crippen LogP contribution in [0.2, 0.25) is 0 Å². The van der Waals surface area contributed by atoms with E-state index in [-0.39, 0.29) is 5.91 Å². The fourth-order valence-corrected chi connectivity index (χ4v) is 2.24. The zero-order valence-corrected chi connectivity index (χ0v) is 12.4. The molecule has 0 aliphatic heterocycles. The van der Waals surface area contributed by atoms with Crippen LogP contribution < -0.4 is 11.1 Å². The van der Waals surface area contributed by atoms with Crippen LogP contribution in [0.5, 0.6) is 0 Å². The fraction of sp³-hybridized carbons (Fsp3) is 0.278. The molecule has 21 heavy (non-hydrogen) atoms. The number of hydrogen-bond acceptors (Lipinski definition) is 2. The largest absolute Gasteiger partial charge is 0.399 e. The Morgan fingerprint density at radius 3 is 2.52 bits per heavy atom. The summed E-state index contributed by atoms with van der Waals surface area (Å²) in [6.45, 7) is 2.76. The number of nitrogens with one attached hydrogen (secondary N) is 1. The van der Waals surface area contributed by atoms with Gasteiger partial charge in [0.05, 0.1) is 0 Å². The van der Waals surface area contributed by atoms with Gasteiger partial charge in [-0.25, -0.2) is 0 Å². The molecule has 0 saturated heterocycles. The Bertz CT molecular complexity index is 590. The molecule has 0 spiro atoms. The Labute approximate surface area is 126 Å². The summed E-state index contributed by atoms with van der Waals surface area (Å²) in [5.74, 6) is 0.0967.